The molecule has 2 atom stereocenters. The Hall–Kier alpha value is -0.940. The van der Waals surface area contributed by atoms with Crippen LogP contribution in [-0.4, -0.2) is 40.1 Å². The monoisotopic (exact) mass is 378 g/mol. The minimum absolute atomic E-state index is 0.251. The fourth-order valence-corrected chi connectivity index (χ4v) is 3.86. The molecule has 1 aromatic rings. The highest BCUT2D eigenvalue weighted by Gasteiger charge is 2.40. The van der Waals surface area contributed by atoms with Crippen LogP contribution in [0.1, 0.15) is 63.9 Å². The molecule has 0 aromatic heterocycles. The van der Waals surface area contributed by atoms with Crippen LogP contribution >= 0.6 is 0 Å². The van der Waals surface area contributed by atoms with E-state index in [2.05, 4.69) is 19.1 Å². The van der Waals surface area contributed by atoms with Gasteiger partial charge in [0.1, 0.15) is 6.10 Å². The molecule has 1 saturated heterocycles. The number of hydrogen-bond donors (Lipinski definition) is 0. The van der Waals surface area contributed by atoms with Crippen LogP contribution in [0.3, 0.4) is 0 Å². The van der Waals surface area contributed by atoms with Crippen molar-refractivity contribution < 1.29 is 18.9 Å². The van der Waals surface area contributed by atoms with E-state index in [1.807, 2.05) is 18.2 Å². The minimum Gasteiger partial charge on any atom is -0.379 e. The van der Waals surface area contributed by atoms with E-state index in [4.69, 9.17) is 18.9 Å². The number of ether oxygens (including phenoxy) is 4. The molecule has 1 heterocycles. The zero-order valence-corrected chi connectivity index (χ0v) is 17.5. The largest absolute Gasteiger partial charge is 0.379 e. The Morgan fingerprint density at radius 2 is 1.67 bits per heavy atom. The maximum Gasteiger partial charge on any atom is 0.197 e. The molecule has 2 rings (SSSR count). The van der Waals surface area contributed by atoms with Crippen LogP contribution in [0.2, 0.25) is 0 Å². The van der Waals surface area contributed by atoms with Gasteiger partial charge in [0.2, 0.25) is 0 Å². The van der Waals surface area contributed by atoms with Crippen LogP contribution in [0.5, 0.6) is 0 Å². The van der Waals surface area contributed by atoms with Crippen LogP contribution in [0.25, 0.3) is 0 Å². The summed E-state index contributed by atoms with van der Waals surface area (Å²) < 4.78 is 23.1. The van der Waals surface area contributed by atoms with Crippen molar-refractivity contribution in [3.8, 4) is 0 Å². The maximum absolute atomic E-state index is 6.02. The Labute approximate surface area is 165 Å². The van der Waals surface area contributed by atoms with Crippen LogP contribution in [0.15, 0.2) is 30.3 Å². The van der Waals surface area contributed by atoms with E-state index in [0.717, 1.165) is 25.0 Å². The number of epoxide rings is 1. The second-order valence-corrected chi connectivity index (χ2v) is 7.51. The van der Waals surface area contributed by atoms with Crippen molar-refractivity contribution in [2.75, 3.05) is 34.0 Å². The Bertz CT molecular complexity index is 482. The second-order valence-electron chi connectivity index (χ2n) is 7.51. The van der Waals surface area contributed by atoms with Gasteiger partial charge in [-0.05, 0) is 12.8 Å². The van der Waals surface area contributed by atoms with Gasteiger partial charge in [-0.2, -0.15) is 0 Å². The number of hydrogen-bond acceptors (Lipinski definition) is 4. The van der Waals surface area contributed by atoms with Crippen LogP contribution in [0.4, 0.5) is 0 Å². The molecule has 4 heteroatoms. The molecule has 27 heavy (non-hydrogen) atoms. The molecule has 1 fully saturated rings. The summed E-state index contributed by atoms with van der Waals surface area (Å²) in [6, 6.07) is 10.3. The van der Waals surface area contributed by atoms with Crippen molar-refractivity contribution in [3.05, 3.63) is 35.9 Å². The SMILES string of the molecule is CCCCCCCCC(CCOCC1CO1)C(OC)(OC)c1ccccc1. The van der Waals surface area contributed by atoms with Gasteiger partial charge in [-0.15, -0.1) is 0 Å². The molecule has 154 valence electrons. The number of rotatable bonds is 16. The smallest absolute Gasteiger partial charge is 0.197 e. The Kier molecular flexibility index (Phi) is 10.4. The lowest BCUT2D eigenvalue weighted by atomic mass is 9.84. The van der Waals surface area contributed by atoms with E-state index >= 15 is 0 Å². The third kappa shape index (κ3) is 7.19. The molecule has 1 aliphatic heterocycles. The molecule has 4 nitrogen and oxygen atoms in total. The van der Waals surface area contributed by atoms with Gasteiger partial charge in [-0.1, -0.05) is 75.8 Å². The highest BCUT2D eigenvalue weighted by molar-refractivity contribution is 5.21. The second kappa shape index (κ2) is 12.5. The van der Waals surface area contributed by atoms with Gasteiger partial charge in [0, 0.05) is 32.3 Å². The molecule has 0 spiro atoms. The van der Waals surface area contributed by atoms with Crippen molar-refractivity contribution in [2.45, 2.75) is 70.2 Å². The first-order valence-corrected chi connectivity index (χ1v) is 10.6. The van der Waals surface area contributed by atoms with E-state index in [1.54, 1.807) is 14.2 Å². The third-order valence-corrected chi connectivity index (χ3v) is 5.54. The van der Waals surface area contributed by atoms with Crippen molar-refractivity contribution in [3.63, 3.8) is 0 Å². The van der Waals surface area contributed by atoms with Crippen LogP contribution in [0, 0.1) is 5.92 Å². The summed E-state index contributed by atoms with van der Waals surface area (Å²) in [5.74, 6) is -0.467. The summed E-state index contributed by atoms with van der Waals surface area (Å²) in [4.78, 5) is 0. The van der Waals surface area contributed by atoms with Gasteiger partial charge in [0.05, 0.1) is 13.2 Å². The average molecular weight is 379 g/mol. The predicted octanol–water partition coefficient (Wildman–Crippen LogP) is 5.30. The van der Waals surface area contributed by atoms with Gasteiger partial charge in [-0.3, -0.25) is 0 Å². The fraction of sp³-hybridized carbons (Fsp3) is 0.739. The van der Waals surface area contributed by atoms with Gasteiger partial charge in [0.15, 0.2) is 5.79 Å². The van der Waals surface area contributed by atoms with E-state index in [0.29, 0.717) is 19.3 Å². The van der Waals surface area contributed by atoms with Gasteiger partial charge >= 0.3 is 0 Å². The van der Waals surface area contributed by atoms with Crippen molar-refractivity contribution >= 4 is 0 Å². The Morgan fingerprint density at radius 1 is 1.00 bits per heavy atom. The Balaban J connectivity index is 1.97. The van der Waals surface area contributed by atoms with E-state index in [9.17, 15) is 0 Å². The standard InChI is InChI=1S/C23H38O4/c1-4-5-6-7-8-10-15-21(16-17-26-18-22-19-27-22)23(24-2,25-3)20-13-11-9-12-14-20/h9,11-14,21-22H,4-8,10,15-19H2,1-3H3. The molecule has 2 unspecified atom stereocenters. The van der Waals surface area contributed by atoms with E-state index < -0.39 is 5.79 Å². The Morgan fingerprint density at radius 3 is 2.30 bits per heavy atom. The topological polar surface area (TPSA) is 40.2 Å². The molecule has 0 radical (unpaired) electrons. The molecule has 1 aromatic carbocycles. The molecular formula is C23H38O4. The van der Waals surface area contributed by atoms with E-state index in [-0.39, 0.29) is 5.92 Å². The summed E-state index contributed by atoms with van der Waals surface area (Å²) in [6.07, 6.45) is 10.0. The number of unbranched alkanes of at least 4 members (excludes halogenated alkanes) is 5. The summed E-state index contributed by atoms with van der Waals surface area (Å²) >= 11 is 0. The first-order valence-electron chi connectivity index (χ1n) is 10.6. The van der Waals surface area contributed by atoms with Crippen molar-refractivity contribution in [1.29, 1.82) is 0 Å². The highest BCUT2D eigenvalue weighted by atomic mass is 16.7. The lowest BCUT2D eigenvalue weighted by Gasteiger charge is -2.39. The summed E-state index contributed by atoms with van der Waals surface area (Å²) in [6.45, 7) is 4.50. The first-order chi connectivity index (χ1) is 13.3. The lowest BCUT2D eigenvalue weighted by Crippen LogP contribution is -2.40. The molecular weight excluding hydrogens is 340 g/mol. The molecule has 0 amide bonds. The number of methoxy groups -OCH3 is 2. The summed E-state index contributed by atoms with van der Waals surface area (Å²) in [5, 5.41) is 0. The molecule has 0 aliphatic carbocycles. The molecule has 0 bridgehead atoms. The maximum atomic E-state index is 6.02. The third-order valence-electron chi connectivity index (χ3n) is 5.54. The summed E-state index contributed by atoms with van der Waals surface area (Å²) in [5.41, 5.74) is 1.08. The normalized spacial score (nSPS) is 17.8. The number of benzene rings is 1. The van der Waals surface area contributed by atoms with Crippen molar-refractivity contribution in [1.82, 2.24) is 0 Å². The zero-order chi connectivity index (χ0) is 19.4. The van der Waals surface area contributed by atoms with Gasteiger partial charge in [-0.25, -0.2) is 0 Å². The summed E-state index contributed by atoms with van der Waals surface area (Å²) in [7, 11) is 3.51. The quantitative estimate of drug-likeness (QED) is 0.222. The lowest BCUT2D eigenvalue weighted by molar-refractivity contribution is -0.254. The van der Waals surface area contributed by atoms with Crippen LogP contribution < -0.4 is 0 Å². The van der Waals surface area contributed by atoms with Gasteiger partial charge in [0.25, 0.3) is 0 Å². The first kappa shape index (κ1) is 22.4. The highest BCUT2D eigenvalue weighted by Crippen LogP contribution is 2.39. The molecule has 0 saturated carbocycles. The molecule has 0 N–H and O–H groups in total. The zero-order valence-electron chi connectivity index (χ0n) is 17.5. The average Bonchev–Trinajstić information content (AvgIpc) is 3.53. The molecule has 1 aliphatic rings. The van der Waals surface area contributed by atoms with E-state index in [1.165, 1.54) is 38.5 Å². The fourth-order valence-electron chi connectivity index (χ4n) is 3.86. The van der Waals surface area contributed by atoms with Crippen molar-refractivity contribution in [2.24, 2.45) is 5.92 Å². The predicted molar refractivity (Wildman–Crippen MR) is 109 cm³/mol. The minimum atomic E-state index is -0.718. The van der Waals surface area contributed by atoms with Gasteiger partial charge < -0.3 is 18.9 Å². The van der Waals surface area contributed by atoms with Crippen LogP contribution in [-0.2, 0) is 24.7 Å².